The van der Waals surface area contributed by atoms with E-state index < -0.39 is 6.04 Å². The SMILES string of the molecule is Cc1ccc(C(C)N(C)C(=O)[C@H](N)c2ccccc2)cc1. The smallest absolute Gasteiger partial charge is 0.244 e. The zero-order valence-electron chi connectivity index (χ0n) is 12.8. The summed E-state index contributed by atoms with van der Waals surface area (Å²) in [5.74, 6) is -0.0747. The van der Waals surface area contributed by atoms with Crippen molar-refractivity contribution >= 4 is 5.91 Å². The summed E-state index contributed by atoms with van der Waals surface area (Å²) >= 11 is 0. The number of amides is 1. The van der Waals surface area contributed by atoms with E-state index in [0.717, 1.165) is 11.1 Å². The molecule has 1 amide bonds. The van der Waals surface area contributed by atoms with Crippen molar-refractivity contribution < 1.29 is 4.79 Å². The van der Waals surface area contributed by atoms with Crippen LogP contribution in [0.2, 0.25) is 0 Å². The Labute approximate surface area is 126 Å². The van der Waals surface area contributed by atoms with Gasteiger partial charge in [-0.15, -0.1) is 0 Å². The van der Waals surface area contributed by atoms with Crippen LogP contribution in [0.3, 0.4) is 0 Å². The molecule has 2 N–H and O–H groups in total. The molecule has 2 rings (SSSR count). The Bertz CT molecular complexity index is 592. The lowest BCUT2D eigenvalue weighted by atomic mass is 10.0. The van der Waals surface area contributed by atoms with Crippen molar-refractivity contribution in [2.75, 3.05) is 7.05 Å². The molecule has 3 nitrogen and oxygen atoms in total. The number of hydrogen-bond donors (Lipinski definition) is 1. The van der Waals surface area contributed by atoms with Crippen LogP contribution in [-0.4, -0.2) is 17.9 Å². The van der Waals surface area contributed by atoms with Crippen molar-refractivity contribution in [2.24, 2.45) is 5.73 Å². The monoisotopic (exact) mass is 282 g/mol. The molecular weight excluding hydrogens is 260 g/mol. The summed E-state index contributed by atoms with van der Waals surface area (Å²) < 4.78 is 0. The Balaban J connectivity index is 2.13. The lowest BCUT2D eigenvalue weighted by Crippen LogP contribution is -2.37. The van der Waals surface area contributed by atoms with Crippen LogP contribution in [-0.2, 0) is 4.79 Å². The molecule has 0 radical (unpaired) electrons. The third-order valence-corrected chi connectivity index (χ3v) is 3.91. The minimum atomic E-state index is -0.621. The number of aryl methyl sites for hydroxylation is 1. The van der Waals surface area contributed by atoms with Crippen molar-refractivity contribution in [2.45, 2.75) is 25.9 Å². The highest BCUT2D eigenvalue weighted by atomic mass is 16.2. The standard InChI is InChI=1S/C18H22N2O/c1-13-9-11-15(12-10-13)14(2)20(3)18(21)17(19)16-7-5-4-6-8-16/h4-12,14,17H,19H2,1-3H3/t14?,17-/m1/s1. The number of rotatable bonds is 4. The van der Waals surface area contributed by atoms with Gasteiger partial charge in [-0.25, -0.2) is 0 Å². The molecule has 0 spiro atoms. The summed E-state index contributed by atoms with van der Waals surface area (Å²) in [5, 5.41) is 0. The Hall–Kier alpha value is -2.13. The minimum absolute atomic E-state index is 0.00661. The van der Waals surface area contributed by atoms with Crippen LogP contribution < -0.4 is 5.73 Å². The average molecular weight is 282 g/mol. The molecule has 0 bridgehead atoms. The summed E-state index contributed by atoms with van der Waals surface area (Å²) in [4.78, 5) is 14.2. The molecule has 110 valence electrons. The highest BCUT2D eigenvalue weighted by molar-refractivity contribution is 5.83. The molecule has 0 saturated carbocycles. The van der Waals surface area contributed by atoms with Crippen molar-refractivity contribution in [3.05, 3.63) is 71.3 Å². The summed E-state index contributed by atoms with van der Waals surface area (Å²) in [5.41, 5.74) is 9.24. The van der Waals surface area contributed by atoms with Gasteiger partial charge < -0.3 is 10.6 Å². The predicted octanol–water partition coefficient (Wildman–Crippen LogP) is 3.21. The second-order valence-electron chi connectivity index (χ2n) is 5.42. The van der Waals surface area contributed by atoms with E-state index in [1.165, 1.54) is 5.56 Å². The van der Waals surface area contributed by atoms with Crippen LogP contribution in [0.5, 0.6) is 0 Å². The minimum Gasteiger partial charge on any atom is -0.337 e. The maximum Gasteiger partial charge on any atom is 0.244 e. The second-order valence-corrected chi connectivity index (χ2v) is 5.42. The van der Waals surface area contributed by atoms with Crippen molar-refractivity contribution in [1.29, 1.82) is 0 Å². The quantitative estimate of drug-likeness (QED) is 0.936. The second kappa shape index (κ2) is 6.55. The van der Waals surface area contributed by atoms with Gasteiger partial charge in [0.1, 0.15) is 6.04 Å². The van der Waals surface area contributed by atoms with E-state index in [9.17, 15) is 4.79 Å². The van der Waals surface area contributed by atoms with E-state index >= 15 is 0 Å². The summed E-state index contributed by atoms with van der Waals surface area (Å²) in [7, 11) is 1.80. The first kappa shape index (κ1) is 15.3. The summed E-state index contributed by atoms with van der Waals surface area (Å²) in [6.45, 7) is 4.06. The lowest BCUT2D eigenvalue weighted by Gasteiger charge is -2.28. The molecule has 1 unspecified atom stereocenters. The van der Waals surface area contributed by atoms with E-state index in [1.54, 1.807) is 11.9 Å². The maximum atomic E-state index is 12.5. The largest absolute Gasteiger partial charge is 0.337 e. The highest BCUT2D eigenvalue weighted by Gasteiger charge is 2.23. The van der Waals surface area contributed by atoms with Gasteiger partial charge in [0.15, 0.2) is 0 Å². The summed E-state index contributed by atoms with van der Waals surface area (Å²) in [6, 6.07) is 17.1. The molecule has 0 aliphatic carbocycles. The van der Waals surface area contributed by atoms with Gasteiger partial charge in [0.2, 0.25) is 5.91 Å². The zero-order valence-corrected chi connectivity index (χ0v) is 12.8. The molecule has 3 heteroatoms. The lowest BCUT2D eigenvalue weighted by molar-refractivity contribution is -0.133. The third kappa shape index (κ3) is 3.50. The normalized spacial score (nSPS) is 13.5. The Morgan fingerprint density at radius 2 is 1.57 bits per heavy atom. The van der Waals surface area contributed by atoms with Crippen LogP contribution in [0.25, 0.3) is 0 Å². The number of carbonyl (C=O) groups excluding carboxylic acids is 1. The van der Waals surface area contributed by atoms with E-state index in [0.29, 0.717) is 0 Å². The van der Waals surface area contributed by atoms with Gasteiger partial charge in [-0.05, 0) is 25.0 Å². The van der Waals surface area contributed by atoms with Crippen LogP contribution >= 0.6 is 0 Å². The van der Waals surface area contributed by atoms with Gasteiger partial charge in [-0.2, -0.15) is 0 Å². The van der Waals surface area contributed by atoms with Gasteiger partial charge in [0.25, 0.3) is 0 Å². The van der Waals surface area contributed by atoms with Crippen LogP contribution in [0, 0.1) is 6.92 Å². The van der Waals surface area contributed by atoms with Gasteiger partial charge in [-0.1, -0.05) is 60.2 Å². The fraction of sp³-hybridized carbons (Fsp3) is 0.278. The molecule has 0 aliphatic rings. The number of nitrogens with two attached hydrogens (primary N) is 1. The van der Waals surface area contributed by atoms with Gasteiger partial charge >= 0.3 is 0 Å². The molecule has 21 heavy (non-hydrogen) atoms. The van der Waals surface area contributed by atoms with E-state index in [1.807, 2.05) is 37.3 Å². The third-order valence-electron chi connectivity index (χ3n) is 3.91. The highest BCUT2D eigenvalue weighted by Crippen LogP contribution is 2.22. The Kier molecular flexibility index (Phi) is 4.76. The van der Waals surface area contributed by atoms with Crippen molar-refractivity contribution in [3.8, 4) is 0 Å². The van der Waals surface area contributed by atoms with Gasteiger partial charge in [-0.3, -0.25) is 4.79 Å². The first-order chi connectivity index (χ1) is 10.0. The molecule has 0 saturated heterocycles. The van der Waals surface area contributed by atoms with Gasteiger partial charge in [0, 0.05) is 7.05 Å². The molecule has 0 fully saturated rings. The molecule has 2 aromatic rings. The van der Waals surface area contributed by atoms with Crippen LogP contribution in [0.15, 0.2) is 54.6 Å². The van der Waals surface area contributed by atoms with Crippen LogP contribution in [0.1, 0.15) is 35.7 Å². The Morgan fingerprint density at radius 3 is 2.14 bits per heavy atom. The molecule has 0 heterocycles. The van der Waals surface area contributed by atoms with Crippen LogP contribution in [0.4, 0.5) is 0 Å². The molecule has 2 aromatic carbocycles. The number of benzene rings is 2. The maximum absolute atomic E-state index is 12.5. The number of nitrogens with zero attached hydrogens (tertiary/aromatic N) is 1. The number of hydrogen-bond acceptors (Lipinski definition) is 2. The van der Waals surface area contributed by atoms with Crippen molar-refractivity contribution in [3.63, 3.8) is 0 Å². The fourth-order valence-electron chi connectivity index (χ4n) is 2.28. The first-order valence-corrected chi connectivity index (χ1v) is 7.14. The summed E-state index contributed by atoms with van der Waals surface area (Å²) in [6.07, 6.45) is 0. The first-order valence-electron chi connectivity index (χ1n) is 7.14. The topological polar surface area (TPSA) is 46.3 Å². The van der Waals surface area contributed by atoms with E-state index in [2.05, 4.69) is 31.2 Å². The Morgan fingerprint density at radius 1 is 1.00 bits per heavy atom. The number of carbonyl (C=O) groups is 1. The molecular formula is C18H22N2O. The number of likely N-dealkylation sites (N-methyl/N-ethyl adjacent to an activating group) is 1. The zero-order chi connectivity index (χ0) is 15.4. The molecule has 0 aromatic heterocycles. The van der Waals surface area contributed by atoms with E-state index in [-0.39, 0.29) is 11.9 Å². The predicted molar refractivity (Wildman–Crippen MR) is 85.7 cm³/mol. The average Bonchev–Trinajstić information content (AvgIpc) is 2.53. The molecule has 0 aliphatic heterocycles. The molecule has 2 atom stereocenters. The van der Waals surface area contributed by atoms with Gasteiger partial charge in [0.05, 0.1) is 6.04 Å². The fourth-order valence-corrected chi connectivity index (χ4v) is 2.28. The van der Waals surface area contributed by atoms with E-state index in [4.69, 9.17) is 5.73 Å². The van der Waals surface area contributed by atoms with Crippen molar-refractivity contribution in [1.82, 2.24) is 4.90 Å².